The van der Waals surface area contributed by atoms with Crippen molar-refractivity contribution in [2.45, 2.75) is 38.1 Å². The molecule has 0 bridgehead atoms. The molecule has 1 aliphatic carbocycles. The minimum Gasteiger partial charge on any atom is -0.367 e. The minimum absolute atomic E-state index is 0.258. The third-order valence-corrected chi connectivity index (χ3v) is 5.29. The van der Waals surface area contributed by atoms with E-state index in [-0.39, 0.29) is 11.9 Å². The molecule has 5 rings (SSSR count). The SMILES string of the molecule is O=C(Nc1nc2cccc(NC3CCCCC3)n2n1)c1ccc(-n2cccn2)nc1. The van der Waals surface area contributed by atoms with Gasteiger partial charge >= 0.3 is 0 Å². The van der Waals surface area contributed by atoms with Crippen molar-refractivity contribution in [3.8, 4) is 5.82 Å². The van der Waals surface area contributed by atoms with Crippen molar-refractivity contribution in [2.24, 2.45) is 0 Å². The first-order valence-corrected chi connectivity index (χ1v) is 10.2. The van der Waals surface area contributed by atoms with Gasteiger partial charge in [0.05, 0.1) is 5.56 Å². The summed E-state index contributed by atoms with van der Waals surface area (Å²) in [5.41, 5.74) is 1.10. The molecule has 0 aliphatic heterocycles. The number of nitrogens with zero attached hydrogens (tertiary/aromatic N) is 6. The van der Waals surface area contributed by atoms with Gasteiger partial charge < -0.3 is 5.32 Å². The van der Waals surface area contributed by atoms with Gasteiger partial charge in [-0.05, 0) is 43.2 Å². The van der Waals surface area contributed by atoms with Crippen LogP contribution in [0.4, 0.5) is 11.8 Å². The second-order valence-corrected chi connectivity index (χ2v) is 7.41. The fourth-order valence-electron chi connectivity index (χ4n) is 3.76. The average molecular weight is 402 g/mol. The number of hydrogen-bond donors (Lipinski definition) is 2. The Hall–Kier alpha value is -3.75. The Labute approximate surface area is 173 Å². The lowest BCUT2D eigenvalue weighted by molar-refractivity contribution is 0.102. The summed E-state index contributed by atoms with van der Waals surface area (Å²) in [6, 6.07) is 11.5. The number of nitrogens with one attached hydrogen (secondary N) is 2. The monoisotopic (exact) mass is 402 g/mol. The van der Waals surface area contributed by atoms with Gasteiger partial charge in [0.25, 0.3) is 5.91 Å². The quantitative estimate of drug-likeness (QED) is 0.531. The summed E-state index contributed by atoms with van der Waals surface area (Å²) >= 11 is 0. The van der Waals surface area contributed by atoms with E-state index in [1.165, 1.54) is 25.5 Å². The Bertz CT molecular complexity index is 1140. The number of amides is 1. The van der Waals surface area contributed by atoms with Gasteiger partial charge in [0.1, 0.15) is 5.82 Å². The number of carbonyl (C=O) groups excluding carboxylic acids is 1. The molecule has 0 radical (unpaired) electrons. The second kappa shape index (κ2) is 7.94. The fraction of sp³-hybridized carbons (Fsp3) is 0.286. The summed E-state index contributed by atoms with van der Waals surface area (Å²) in [5.74, 6) is 1.47. The lowest BCUT2D eigenvalue weighted by atomic mass is 9.95. The summed E-state index contributed by atoms with van der Waals surface area (Å²) in [5, 5.41) is 14.9. The van der Waals surface area contributed by atoms with E-state index in [1.54, 1.807) is 33.7 Å². The molecule has 4 heterocycles. The van der Waals surface area contributed by atoms with Crippen LogP contribution >= 0.6 is 0 Å². The Morgan fingerprint density at radius 1 is 1.07 bits per heavy atom. The molecule has 0 saturated heterocycles. The van der Waals surface area contributed by atoms with E-state index in [9.17, 15) is 4.79 Å². The third-order valence-electron chi connectivity index (χ3n) is 5.29. The highest BCUT2D eigenvalue weighted by molar-refractivity contribution is 6.03. The number of hydrogen-bond acceptors (Lipinski definition) is 6. The summed E-state index contributed by atoms with van der Waals surface area (Å²) in [6.07, 6.45) is 11.1. The molecule has 152 valence electrons. The van der Waals surface area contributed by atoms with Crippen molar-refractivity contribution in [3.05, 3.63) is 60.6 Å². The molecule has 30 heavy (non-hydrogen) atoms. The van der Waals surface area contributed by atoms with Crippen LogP contribution in [0, 0.1) is 0 Å². The molecular formula is C21H22N8O. The van der Waals surface area contributed by atoms with Gasteiger partial charge in [0.15, 0.2) is 11.5 Å². The van der Waals surface area contributed by atoms with Crippen LogP contribution in [0.1, 0.15) is 42.5 Å². The average Bonchev–Trinajstić information content (AvgIpc) is 3.45. The standard InChI is InChI=1S/C21H22N8O/c30-20(15-10-11-17(22-14-15)28-13-5-12-23-28)26-21-25-19-9-4-8-18(29(19)27-21)24-16-6-2-1-3-7-16/h4-5,8-14,16,24H,1-3,6-7H2,(H,26,27,30). The zero-order valence-electron chi connectivity index (χ0n) is 16.4. The number of carbonyl (C=O) groups is 1. The van der Waals surface area contributed by atoms with E-state index < -0.39 is 0 Å². The van der Waals surface area contributed by atoms with Crippen molar-refractivity contribution in [3.63, 3.8) is 0 Å². The summed E-state index contributed by atoms with van der Waals surface area (Å²) in [4.78, 5) is 21.3. The molecule has 4 aromatic heterocycles. The molecule has 1 fully saturated rings. The second-order valence-electron chi connectivity index (χ2n) is 7.41. The van der Waals surface area contributed by atoms with Gasteiger partial charge in [-0.15, -0.1) is 5.10 Å². The van der Waals surface area contributed by atoms with Gasteiger partial charge in [-0.3, -0.25) is 10.1 Å². The summed E-state index contributed by atoms with van der Waals surface area (Å²) in [6.45, 7) is 0. The predicted octanol–water partition coefficient (Wildman–Crippen LogP) is 3.31. The molecule has 0 unspecified atom stereocenters. The van der Waals surface area contributed by atoms with Crippen molar-refractivity contribution >= 4 is 23.3 Å². The fourth-order valence-corrected chi connectivity index (χ4v) is 3.76. The molecule has 4 aromatic rings. The van der Waals surface area contributed by atoms with E-state index >= 15 is 0 Å². The van der Waals surface area contributed by atoms with Crippen molar-refractivity contribution < 1.29 is 4.79 Å². The molecule has 0 aromatic carbocycles. The number of rotatable bonds is 5. The highest BCUT2D eigenvalue weighted by atomic mass is 16.1. The number of aromatic nitrogens is 6. The van der Waals surface area contributed by atoms with Crippen LogP contribution in [0.3, 0.4) is 0 Å². The molecule has 9 nitrogen and oxygen atoms in total. The highest BCUT2D eigenvalue weighted by Crippen LogP contribution is 2.22. The number of pyridine rings is 2. The van der Waals surface area contributed by atoms with E-state index in [2.05, 4.69) is 30.8 Å². The highest BCUT2D eigenvalue weighted by Gasteiger charge is 2.16. The predicted molar refractivity (Wildman–Crippen MR) is 113 cm³/mol. The normalized spacial score (nSPS) is 14.7. The zero-order valence-corrected chi connectivity index (χ0v) is 16.4. The number of fused-ring (bicyclic) bond motifs is 1. The van der Waals surface area contributed by atoms with Crippen molar-refractivity contribution in [1.82, 2.24) is 29.4 Å². The van der Waals surface area contributed by atoms with Crippen LogP contribution in [0.2, 0.25) is 0 Å². The molecular weight excluding hydrogens is 380 g/mol. The maximum absolute atomic E-state index is 12.6. The zero-order chi connectivity index (χ0) is 20.3. The largest absolute Gasteiger partial charge is 0.367 e. The van der Waals surface area contributed by atoms with Gasteiger partial charge in [-0.25, -0.2) is 9.67 Å². The molecule has 0 spiro atoms. The molecule has 0 atom stereocenters. The third kappa shape index (κ3) is 3.73. The molecule has 1 amide bonds. The Morgan fingerprint density at radius 3 is 2.73 bits per heavy atom. The van der Waals surface area contributed by atoms with Gasteiger partial charge in [-0.2, -0.15) is 14.6 Å². The first kappa shape index (κ1) is 18.3. The first-order chi connectivity index (χ1) is 14.8. The molecule has 9 heteroatoms. The topological polar surface area (TPSA) is 102 Å². The molecule has 1 saturated carbocycles. The Balaban J connectivity index is 1.32. The van der Waals surface area contributed by atoms with Gasteiger partial charge in [-0.1, -0.05) is 25.3 Å². The Kier molecular flexibility index (Phi) is 4.84. The van der Waals surface area contributed by atoms with Crippen LogP contribution < -0.4 is 10.6 Å². The lowest BCUT2D eigenvalue weighted by Crippen LogP contribution is -2.23. The van der Waals surface area contributed by atoms with E-state index in [4.69, 9.17) is 0 Å². The van der Waals surface area contributed by atoms with Crippen LogP contribution in [0.15, 0.2) is 55.0 Å². The smallest absolute Gasteiger partial charge is 0.259 e. The van der Waals surface area contributed by atoms with Crippen LogP contribution in [0.25, 0.3) is 11.5 Å². The summed E-state index contributed by atoms with van der Waals surface area (Å²) < 4.78 is 3.37. The first-order valence-electron chi connectivity index (χ1n) is 10.2. The lowest BCUT2D eigenvalue weighted by Gasteiger charge is -2.23. The van der Waals surface area contributed by atoms with Crippen LogP contribution in [-0.4, -0.2) is 41.3 Å². The summed E-state index contributed by atoms with van der Waals surface area (Å²) in [7, 11) is 0. The van der Waals surface area contributed by atoms with E-state index in [0.717, 1.165) is 18.7 Å². The molecule has 1 aliphatic rings. The maximum Gasteiger partial charge on any atom is 0.259 e. The molecule has 2 N–H and O–H groups in total. The Morgan fingerprint density at radius 2 is 1.97 bits per heavy atom. The van der Waals surface area contributed by atoms with E-state index in [1.807, 2.05) is 24.3 Å². The van der Waals surface area contributed by atoms with Gasteiger partial charge in [0.2, 0.25) is 5.95 Å². The minimum atomic E-state index is -0.313. The van der Waals surface area contributed by atoms with Crippen molar-refractivity contribution in [2.75, 3.05) is 10.6 Å². The van der Waals surface area contributed by atoms with Gasteiger partial charge in [0, 0.05) is 24.6 Å². The van der Waals surface area contributed by atoms with Crippen molar-refractivity contribution in [1.29, 1.82) is 0 Å². The van der Waals surface area contributed by atoms with Crippen LogP contribution in [-0.2, 0) is 0 Å². The van der Waals surface area contributed by atoms with E-state index in [0.29, 0.717) is 23.1 Å². The van der Waals surface area contributed by atoms with Crippen LogP contribution in [0.5, 0.6) is 0 Å². The number of anilines is 2. The maximum atomic E-state index is 12.6.